The van der Waals surface area contributed by atoms with Gasteiger partial charge < -0.3 is 15.5 Å². The molecule has 1 aromatic heterocycles. The van der Waals surface area contributed by atoms with E-state index < -0.39 is 0 Å². The summed E-state index contributed by atoms with van der Waals surface area (Å²) in [4.78, 5) is 16.4. The molecule has 0 saturated carbocycles. The van der Waals surface area contributed by atoms with Crippen LogP contribution in [0.25, 0.3) is 10.8 Å². The molecule has 112 valence electrons. The first-order valence-corrected chi connectivity index (χ1v) is 6.87. The summed E-state index contributed by atoms with van der Waals surface area (Å²) in [7, 11) is 0. The number of anilines is 1. The predicted octanol–water partition coefficient (Wildman–Crippen LogP) is 1.68. The number of hydrogen-bond donors (Lipinski definition) is 3. The molecular formula is C15H20N4O2. The Kier molecular flexibility index (Phi) is 5.08. The van der Waals surface area contributed by atoms with Crippen LogP contribution < -0.4 is 16.6 Å². The molecule has 0 spiro atoms. The molecule has 21 heavy (non-hydrogen) atoms. The zero-order chi connectivity index (χ0) is 15.2. The Morgan fingerprint density at radius 3 is 2.71 bits per heavy atom. The molecule has 0 fully saturated rings. The first kappa shape index (κ1) is 15.2. The number of aromatic nitrogens is 1. The summed E-state index contributed by atoms with van der Waals surface area (Å²) in [5, 5.41) is 4.45. The van der Waals surface area contributed by atoms with E-state index in [-0.39, 0.29) is 12.0 Å². The summed E-state index contributed by atoms with van der Waals surface area (Å²) in [5.41, 5.74) is 3.06. The van der Waals surface area contributed by atoms with Gasteiger partial charge in [0.05, 0.1) is 18.3 Å². The number of carbonyl (C=O) groups excluding carboxylic acids is 1. The molecule has 0 atom stereocenters. The largest absolute Gasteiger partial charge is 0.377 e. The zero-order valence-corrected chi connectivity index (χ0v) is 12.2. The maximum Gasteiger partial charge on any atom is 0.253 e. The second-order valence-corrected chi connectivity index (χ2v) is 4.89. The molecule has 1 heterocycles. The molecule has 0 unspecified atom stereocenters. The van der Waals surface area contributed by atoms with E-state index in [1.165, 1.54) is 6.20 Å². The highest BCUT2D eigenvalue weighted by Gasteiger charge is 2.12. The maximum absolute atomic E-state index is 12.2. The van der Waals surface area contributed by atoms with Gasteiger partial charge in [0.25, 0.3) is 5.91 Å². The number of pyridine rings is 1. The molecule has 0 saturated heterocycles. The van der Waals surface area contributed by atoms with E-state index in [9.17, 15) is 4.79 Å². The van der Waals surface area contributed by atoms with Gasteiger partial charge in [-0.25, -0.2) is 10.8 Å². The number of benzene rings is 1. The lowest BCUT2D eigenvalue weighted by Gasteiger charge is -2.11. The average Bonchev–Trinajstić information content (AvgIpc) is 2.50. The molecular weight excluding hydrogens is 268 g/mol. The zero-order valence-electron chi connectivity index (χ0n) is 12.2. The van der Waals surface area contributed by atoms with Crippen LogP contribution in [0.5, 0.6) is 0 Å². The van der Waals surface area contributed by atoms with Crippen molar-refractivity contribution in [1.82, 2.24) is 10.3 Å². The highest BCUT2D eigenvalue weighted by Crippen LogP contribution is 2.23. The van der Waals surface area contributed by atoms with Crippen molar-refractivity contribution in [1.29, 1.82) is 0 Å². The van der Waals surface area contributed by atoms with Gasteiger partial charge in [0.15, 0.2) is 0 Å². The van der Waals surface area contributed by atoms with Crippen molar-refractivity contribution in [2.75, 3.05) is 18.6 Å². The van der Waals surface area contributed by atoms with E-state index in [2.05, 4.69) is 15.7 Å². The number of nitrogen functional groups attached to an aromatic ring is 1. The number of hydrazine groups is 1. The molecule has 0 radical (unpaired) electrons. The highest BCUT2D eigenvalue weighted by molar-refractivity contribution is 6.09. The van der Waals surface area contributed by atoms with Crippen molar-refractivity contribution in [2.24, 2.45) is 5.84 Å². The van der Waals surface area contributed by atoms with Crippen LogP contribution in [0.3, 0.4) is 0 Å². The molecule has 6 nitrogen and oxygen atoms in total. The summed E-state index contributed by atoms with van der Waals surface area (Å²) < 4.78 is 5.40. The Morgan fingerprint density at radius 1 is 1.33 bits per heavy atom. The Balaban J connectivity index is 2.16. The maximum atomic E-state index is 12.2. The van der Waals surface area contributed by atoms with E-state index in [1.807, 2.05) is 38.1 Å². The Morgan fingerprint density at radius 2 is 2.05 bits per heavy atom. The summed E-state index contributed by atoms with van der Waals surface area (Å²) in [5.74, 6) is 5.81. The minimum absolute atomic E-state index is 0.152. The van der Waals surface area contributed by atoms with Crippen molar-refractivity contribution in [3.05, 3.63) is 36.0 Å². The molecule has 0 aliphatic heterocycles. The summed E-state index contributed by atoms with van der Waals surface area (Å²) in [6.07, 6.45) is 1.68. The average molecular weight is 288 g/mol. The quantitative estimate of drug-likeness (QED) is 0.427. The first-order chi connectivity index (χ1) is 10.1. The SMILES string of the molecule is CC(C)OCCNC(=O)c1cnc(NN)c2ccccc12. The molecule has 6 heteroatoms. The second kappa shape index (κ2) is 7.01. The molecule has 2 aromatic rings. The van der Waals surface area contributed by atoms with Crippen LogP contribution >= 0.6 is 0 Å². The molecule has 1 amide bonds. The fraction of sp³-hybridized carbons (Fsp3) is 0.333. The van der Waals surface area contributed by atoms with Gasteiger partial charge in [0.2, 0.25) is 0 Å². The molecule has 1 aromatic carbocycles. The monoisotopic (exact) mass is 288 g/mol. The normalized spacial score (nSPS) is 10.9. The third-order valence-electron chi connectivity index (χ3n) is 3.02. The summed E-state index contributed by atoms with van der Waals surface area (Å²) in [6, 6.07) is 7.50. The lowest BCUT2D eigenvalue weighted by atomic mass is 10.1. The minimum atomic E-state index is -0.172. The number of amides is 1. The number of rotatable bonds is 6. The number of nitrogens with zero attached hydrogens (tertiary/aromatic N) is 1. The number of nitrogens with one attached hydrogen (secondary N) is 2. The molecule has 0 aliphatic carbocycles. The van der Waals surface area contributed by atoms with Gasteiger partial charge in [-0.15, -0.1) is 0 Å². The minimum Gasteiger partial charge on any atom is -0.377 e. The van der Waals surface area contributed by atoms with Gasteiger partial charge in [0.1, 0.15) is 5.82 Å². The Bertz CT molecular complexity index is 628. The summed E-state index contributed by atoms with van der Waals surface area (Å²) >= 11 is 0. The van der Waals surface area contributed by atoms with E-state index in [1.54, 1.807) is 0 Å². The second-order valence-electron chi connectivity index (χ2n) is 4.89. The van der Waals surface area contributed by atoms with Crippen LogP contribution in [0, 0.1) is 0 Å². The van der Waals surface area contributed by atoms with Crippen molar-refractivity contribution in [3.8, 4) is 0 Å². The third-order valence-corrected chi connectivity index (χ3v) is 3.02. The number of ether oxygens (including phenoxy) is 1. The molecule has 2 rings (SSSR count). The lowest BCUT2D eigenvalue weighted by molar-refractivity contribution is 0.0747. The van der Waals surface area contributed by atoms with E-state index in [4.69, 9.17) is 10.6 Å². The van der Waals surface area contributed by atoms with Crippen LogP contribution in [0.4, 0.5) is 5.82 Å². The van der Waals surface area contributed by atoms with Gasteiger partial charge >= 0.3 is 0 Å². The van der Waals surface area contributed by atoms with Gasteiger partial charge in [-0.2, -0.15) is 0 Å². The number of fused-ring (bicyclic) bond motifs is 1. The first-order valence-electron chi connectivity index (χ1n) is 6.87. The number of nitrogens with two attached hydrogens (primary N) is 1. The fourth-order valence-electron chi connectivity index (χ4n) is 2.04. The van der Waals surface area contributed by atoms with Crippen LogP contribution in [0.1, 0.15) is 24.2 Å². The van der Waals surface area contributed by atoms with Crippen LogP contribution in [0.2, 0.25) is 0 Å². The van der Waals surface area contributed by atoms with Crippen molar-refractivity contribution in [3.63, 3.8) is 0 Å². The third kappa shape index (κ3) is 3.68. The van der Waals surface area contributed by atoms with Gasteiger partial charge in [-0.05, 0) is 19.2 Å². The van der Waals surface area contributed by atoms with E-state index in [0.29, 0.717) is 24.5 Å². The smallest absolute Gasteiger partial charge is 0.253 e. The van der Waals surface area contributed by atoms with Crippen LogP contribution in [-0.2, 0) is 4.74 Å². The predicted molar refractivity (Wildman–Crippen MR) is 83.0 cm³/mol. The molecule has 4 N–H and O–H groups in total. The van der Waals surface area contributed by atoms with Crippen molar-refractivity contribution in [2.45, 2.75) is 20.0 Å². The van der Waals surface area contributed by atoms with Gasteiger partial charge in [-0.3, -0.25) is 4.79 Å². The Labute approximate surface area is 123 Å². The summed E-state index contributed by atoms with van der Waals surface area (Å²) in [6.45, 7) is 4.86. The van der Waals surface area contributed by atoms with E-state index in [0.717, 1.165) is 10.8 Å². The standard InChI is InChI=1S/C15H20N4O2/c1-10(2)21-8-7-17-15(20)13-9-18-14(19-16)12-6-4-3-5-11(12)13/h3-6,9-10H,7-8,16H2,1-2H3,(H,17,20)(H,18,19). The van der Waals surface area contributed by atoms with Crippen molar-refractivity contribution >= 4 is 22.5 Å². The van der Waals surface area contributed by atoms with Crippen molar-refractivity contribution < 1.29 is 9.53 Å². The molecule has 0 aliphatic rings. The topological polar surface area (TPSA) is 89.3 Å². The fourth-order valence-corrected chi connectivity index (χ4v) is 2.04. The highest BCUT2D eigenvalue weighted by atomic mass is 16.5. The van der Waals surface area contributed by atoms with Gasteiger partial charge in [-0.1, -0.05) is 24.3 Å². The Hall–Kier alpha value is -2.18. The number of hydrogen-bond acceptors (Lipinski definition) is 5. The van der Waals surface area contributed by atoms with Gasteiger partial charge in [0, 0.05) is 18.1 Å². The van der Waals surface area contributed by atoms with E-state index >= 15 is 0 Å². The van der Waals surface area contributed by atoms with Crippen LogP contribution in [-0.4, -0.2) is 30.1 Å². The lowest BCUT2D eigenvalue weighted by Crippen LogP contribution is -2.28. The molecule has 0 bridgehead atoms. The van der Waals surface area contributed by atoms with Crippen LogP contribution in [0.15, 0.2) is 30.5 Å². The number of carbonyl (C=O) groups is 1.